The van der Waals surface area contributed by atoms with Gasteiger partial charge >= 0.3 is 0 Å². The molecule has 2 aromatic rings. The third-order valence-electron chi connectivity index (χ3n) is 2.33. The fourth-order valence-corrected chi connectivity index (χ4v) is 1.97. The molecule has 0 bridgehead atoms. The van der Waals surface area contributed by atoms with Crippen LogP contribution >= 0.6 is 23.2 Å². The zero-order valence-corrected chi connectivity index (χ0v) is 9.92. The van der Waals surface area contributed by atoms with Crippen LogP contribution in [0.4, 0.5) is 0 Å². The van der Waals surface area contributed by atoms with E-state index >= 15 is 0 Å². The van der Waals surface area contributed by atoms with E-state index in [-0.39, 0.29) is 5.75 Å². The Morgan fingerprint density at radius 3 is 2.25 bits per heavy atom. The molecule has 0 saturated carbocycles. The third-order valence-corrected chi connectivity index (χ3v) is 2.92. The Balaban J connectivity index is 2.23. The maximum atomic E-state index is 10.9. The van der Waals surface area contributed by atoms with Crippen molar-refractivity contribution in [2.45, 2.75) is 6.42 Å². The molecule has 0 N–H and O–H groups in total. The molecular weight excluding hydrogens is 243 g/mol. The molecule has 16 heavy (non-hydrogen) atoms. The number of benzene rings is 2. The van der Waals surface area contributed by atoms with E-state index in [4.69, 9.17) is 23.2 Å². The minimum absolute atomic E-state index is 0.0194. The molecule has 0 aliphatic heterocycles. The second-order valence-corrected chi connectivity index (χ2v) is 4.40. The van der Waals surface area contributed by atoms with Gasteiger partial charge in [-0.15, -0.1) is 0 Å². The van der Waals surface area contributed by atoms with E-state index in [1.807, 2.05) is 24.3 Å². The fraction of sp³-hybridized carbons (Fsp3) is 0.0769. The molecule has 0 aliphatic carbocycles. The summed E-state index contributed by atoms with van der Waals surface area (Å²) in [5.74, 6) is 0.0194. The highest BCUT2D eigenvalue weighted by molar-refractivity contribution is 6.35. The quantitative estimate of drug-likeness (QED) is 0.736. The Labute approximate surface area is 104 Å². The van der Waals surface area contributed by atoms with Gasteiger partial charge in [0.25, 0.3) is 0 Å². The maximum Gasteiger partial charge on any atom is 0.178 e. The largest absolute Gasteiger partial charge is 0.290 e. The molecule has 0 spiro atoms. The van der Waals surface area contributed by atoms with Gasteiger partial charge in [-0.2, -0.15) is 0 Å². The monoisotopic (exact) mass is 251 g/mol. The topological polar surface area (TPSA) is 19.9 Å². The fourth-order valence-electron chi connectivity index (χ4n) is 1.49. The molecule has 0 heterocycles. The molecule has 2 aromatic carbocycles. The van der Waals surface area contributed by atoms with Crippen LogP contribution in [0.1, 0.15) is 11.1 Å². The molecule has 0 aliphatic rings. The Hall–Kier alpha value is -1.18. The van der Waals surface area contributed by atoms with Crippen LogP contribution in [0.3, 0.4) is 0 Å². The van der Waals surface area contributed by atoms with Crippen LogP contribution in [-0.4, -0.2) is 0 Å². The Morgan fingerprint density at radius 1 is 0.938 bits per heavy atom. The van der Waals surface area contributed by atoms with Crippen molar-refractivity contribution >= 4 is 23.2 Å². The van der Waals surface area contributed by atoms with Gasteiger partial charge in [-0.3, -0.25) is 5.11 Å². The standard InChI is InChI=1S/C13H9Cl2O/c14-11-4-3-10(13(15)8-11)7-9-1-5-12(16)6-2-9/h1-6,8H,7H2. The lowest BCUT2D eigenvalue weighted by Gasteiger charge is -2.04. The molecule has 0 saturated heterocycles. The summed E-state index contributed by atoms with van der Waals surface area (Å²) >= 11 is 11.9. The number of halogens is 2. The van der Waals surface area contributed by atoms with Gasteiger partial charge in [0.15, 0.2) is 5.75 Å². The van der Waals surface area contributed by atoms with Crippen molar-refractivity contribution in [1.82, 2.24) is 0 Å². The molecular formula is C13H9Cl2O. The highest BCUT2D eigenvalue weighted by Crippen LogP contribution is 2.24. The molecule has 81 valence electrons. The summed E-state index contributed by atoms with van der Waals surface area (Å²) in [6.45, 7) is 0. The van der Waals surface area contributed by atoms with Crippen molar-refractivity contribution in [3.63, 3.8) is 0 Å². The summed E-state index contributed by atoms with van der Waals surface area (Å²) in [5, 5.41) is 12.2. The average molecular weight is 252 g/mol. The lowest BCUT2D eigenvalue weighted by Crippen LogP contribution is -1.88. The minimum Gasteiger partial charge on any atom is -0.290 e. The minimum atomic E-state index is 0.0194. The van der Waals surface area contributed by atoms with Crippen molar-refractivity contribution in [3.05, 3.63) is 63.6 Å². The molecule has 3 heteroatoms. The van der Waals surface area contributed by atoms with Gasteiger partial charge in [-0.25, -0.2) is 0 Å². The molecule has 0 fully saturated rings. The zero-order chi connectivity index (χ0) is 11.5. The maximum absolute atomic E-state index is 10.9. The first kappa shape index (κ1) is 11.3. The lowest BCUT2D eigenvalue weighted by molar-refractivity contribution is 0.355. The van der Waals surface area contributed by atoms with Crippen LogP contribution in [0, 0.1) is 0 Å². The van der Waals surface area contributed by atoms with Gasteiger partial charge in [0.2, 0.25) is 0 Å². The number of hydrogen-bond acceptors (Lipinski definition) is 0. The molecule has 1 radical (unpaired) electrons. The lowest BCUT2D eigenvalue weighted by atomic mass is 10.1. The van der Waals surface area contributed by atoms with Gasteiger partial charge in [-0.05, 0) is 41.8 Å². The molecule has 1 nitrogen and oxygen atoms in total. The predicted molar refractivity (Wildman–Crippen MR) is 65.8 cm³/mol. The van der Waals surface area contributed by atoms with Crippen molar-refractivity contribution in [2.24, 2.45) is 0 Å². The van der Waals surface area contributed by atoms with Gasteiger partial charge < -0.3 is 0 Å². The van der Waals surface area contributed by atoms with E-state index in [0.29, 0.717) is 16.5 Å². The smallest absolute Gasteiger partial charge is 0.178 e. The van der Waals surface area contributed by atoms with Crippen LogP contribution in [0.25, 0.3) is 0 Å². The van der Waals surface area contributed by atoms with Gasteiger partial charge in [0.05, 0.1) is 0 Å². The van der Waals surface area contributed by atoms with E-state index in [2.05, 4.69) is 0 Å². The van der Waals surface area contributed by atoms with E-state index in [1.54, 1.807) is 18.2 Å². The van der Waals surface area contributed by atoms with Gasteiger partial charge in [0, 0.05) is 10.0 Å². The van der Waals surface area contributed by atoms with E-state index < -0.39 is 0 Å². The molecule has 0 amide bonds. The highest BCUT2D eigenvalue weighted by atomic mass is 35.5. The summed E-state index contributed by atoms with van der Waals surface area (Å²) in [4.78, 5) is 0. The van der Waals surface area contributed by atoms with Crippen molar-refractivity contribution in [2.75, 3.05) is 0 Å². The van der Waals surface area contributed by atoms with Crippen LogP contribution < -0.4 is 0 Å². The Bertz CT molecular complexity index is 492. The van der Waals surface area contributed by atoms with Crippen molar-refractivity contribution < 1.29 is 5.11 Å². The SMILES string of the molecule is [O]c1ccc(Cc2ccc(Cl)cc2Cl)cc1. The molecule has 0 atom stereocenters. The highest BCUT2D eigenvalue weighted by Gasteiger charge is 2.03. The Morgan fingerprint density at radius 2 is 1.62 bits per heavy atom. The van der Waals surface area contributed by atoms with Gasteiger partial charge in [-0.1, -0.05) is 41.4 Å². The van der Waals surface area contributed by atoms with Crippen LogP contribution in [0.5, 0.6) is 5.75 Å². The van der Waals surface area contributed by atoms with E-state index in [1.165, 1.54) is 0 Å². The normalized spacial score (nSPS) is 10.4. The molecule has 0 aromatic heterocycles. The average Bonchev–Trinajstić information content (AvgIpc) is 2.25. The molecule has 2 rings (SSSR count). The number of rotatable bonds is 2. The van der Waals surface area contributed by atoms with Crippen LogP contribution in [-0.2, 0) is 11.5 Å². The summed E-state index contributed by atoms with van der Waals surface area (Å²) in [5.41, 5.74) is 2.06. The summed E-state index contributed by atoms with van der Waals surface area (Å²) in [6.07, 6.45) is 0.705. The van der Waals surface area contributed by atoms with Gasteiger partial charge in [0.1, 0.15) is 0 Å². The van der Waals surface area contributed by atoms with Crippen LogP contribution in [0.2, 0.25) is 10.0 Å². The number of hydrogen-bond donors (Lipinski definition) is 0. The summed E-state index contributed by atoms with van der Waals surface area (Å²) in [6, 6.07) is 12.2. The first-order valence-electron chi connectivity index (χ1n) is 4.85. The predicted octanol–water partition coefficient (Wildman–Crippen LogP) is 4.73. The second kappa shape index (κ2) is 4.77. The van der Waals surface area contributed by atoms with E-state index in [9.17, 15) is 5.11 Å². The Kier molecular flexibility index (Phi) is 3.37. The zero-order valence-electron chi connectivity index (χ0n) is 8.41. The summed E-state index contributed by atoms with van der Waals surface area (Å²) < 4.78 is 0. The van der Waals surface area contributed by atoms with Crippen molar-refractivity contribution in [1.29, 1.82) is 0 Å². The first-order valence-corrected chi connectivity index (χ1v) is 5.60. The van der Waals surface area contributed by atoms with Crippen molar-refractivity contribution in [3.8, 4) is 5.75 Å². The third kappa shape index (κ3) is 2.69. The second-order valence-electron chi connectivity index (χ2n) is 3.56. The summed E-state index contributed by atoms with van der Waals surface area (Å²) in [7, 11) is 0. The molecule has 0 unspecified atom stereocenters. The van der Waals surface area contributed by atoms with E-state index in [0.717, 1.165) is 11.1 Å². The van der Waals surface area contributed by atoms with Crippen LogP contribution in [0.15, 0.2) is 42.5 Å². The first-order chi connectivity index (χ1) is 7.65.